The summed E-state index contributed by atoms with van der Waals surface area (Å²) in [7, 11) is 0. The van der Waals surface area contributed by atoms with Gasteiger partial charge in [-0.2, -0.15) is 0 Å². The first-order valence-electron chi connectivity index (χ1n) is 5.73. The number of nitrogens with two attached hydrogens (primary N) is 1. The Morgan fingerprint density at radius 3 is 2.93 bits per heavy atom. The van der Waals surface area contributed by atoms with Crippen molar-refractivity contribution in [3.05, 3.63) is 21.4 Å². The van der Waals surface area contributed by atoms with Crippen LogP contribution in [0, 0.1) is 13.8 Å². The molecule has 1 saturated heterocycles. The second kappa shape index (κ2) is 4.64. The highest BCUT2D eigenvalue weighted by Crippen LogP contribution is 2.36. The van der Waals surface area contributed by atoms with E-state index in [9.17, 15) is 0 Å². The average molecular weight is 224 g/mol. The lowest BCUT2D eigenvalue weighted by atomic mass is 10.1. The molecule has 2 nitrogen and oxygen atoms in total. The Bertz CT molecular complexity index is 313. The number of likely N-dealkylation sites (tertiary alicyclic amines) is 1. The fourth-order valence-electron chi connectivity index (χ4n) is 2.35. The van der Waals surface area contributed by atoms with E-state index in [-0.39, 0.29) is 0 Å². The van der Waals surface area contributed by atoms with Gasteiger partial charge in [-0.25, -0.2) is 0 Å². The van der Waals surface area contributed by atoms with E-state index in [1.165, 1.54) is 34.7 Å². The van der Waals surface area contributed by atoms with E-state index in [0.29, 0.717) is 6.04 Å². The molecule has 0 spiro atoms. The Kier molecular flexibility index (Phi) is 3.44. The third-order valence-electron chi connectivity index (χ3n) is 3.29. The van der Waals surface area contributed by atoms with E-state index < -0.39 is 0 Å². The Hall–Kier alpha value is -0.380. The highest BCUT2D eigenvalue weighted by Gasteiger charge is 2.26. The number of hydrogen-bond donors (Lipinski definition) is 1. The standard InChI is InChI=1S/C12H20N2S/c1-9-8-12(15-10(9)2)11-4-3-6-14(11)7-5-13/h8,11H,3-7,13H2,1-2H3/t11-/m1/s1. The number of thiophene rings is 1. The van der Waals surface area contributed by atoms with Crippen LogP contribution in [-0.4, -0.2) is 24.5 Å². The maximum atomic E-state index is 5.65. The van der Waals surface area contributed by atoms with Crippen molar-refractivity contribution in [3.8, 4) is 0 Å². The largest absolute Gasteiger partial charge is 0.329 e. The van der Waals surface area contributed by atoms with Crippen LogP contribution in [0.1, 0.15) is 34.2 Å². The van der Waals surface area contributed by atoms with Crippen molar-refractivity contribution in [1.82, 2.24) is 4.90 Å². The van der Waals surface area contributed by atoms with Crippen molar-refractivity contribution in [2.24, 2.45) is 5.73 Å². The molecule has 0 amide bonds. The second-order valence-corrected chi connectivity index (χ2v) is 5.66. The average Bonchev–Trinajstić information content (AvgIpc) is 2.76. The quantitative estimate of drug-likeness (QED) is 0.854. The number of aryl methyl sites for hydroxylation is 2. The Balaban J connectivity index is 2.15. The summed E-state index contributed by atoms with van der Waals surface area (Å²) in [5, 5.41) is 0. The fourth-order valence-corrected chi connectivity index (χ4v) is 3.56. The zero-order valence-corrected chi connectivity index (χ0v) is 10.4. The maximum Gasteiger partial charge on any atom is 0.0442 e. The molecule has 0 bridgehead atoms. The third-order valence-corrected chi connectivity index (χ3v) is 4.55. The van der Waals surface area contributed by atoms with E-state index in [2.05, 4.69) is 24.8 Å². The number of nitrogens with zero attached hydrogens (tertiary/aromatic N) is 1. The summed E-state index contributed by atoms with van der Waals surface area (Å²) < 4.78 is 0. The van der Waals surface area contributed by atoms with Crippen molar-refractivity contribution in [2.45, 2.75) is 32.7 Å². The maximum absolute atomic E-state index is 5.65. The summed E-state index contributed by atoms with van der Waals surface area (Å²) in [6, 6.07) is 3.01. The lowest BCUT2D eigenvalue weighted by Gasteiger charge is -2.22. The van der Waals surface area contributed by atoms with E-state index in [0.717, 1.165) is 13.1 Å². The SMILES string of the molecule is Cc1cc([C@H]2CCCN2CCN)sc1C. The van der Waals surface area contributed by atoms with E-state index in [4.69, 9.17) is 5.73 Å². The van der Waals surface area contributed by atoms with Crippen LogP contribution in [0.3, 0.4) is 0 Å². The minimum atomic E-state index is 0.644. The highest BCUT2D eigenvalue weighted by atomic mass is 32.1. The molecule has 84 valence electrons. The molecule has 1 aliphatic heterocycles. The molecule has 0 unspecified atom stereocenters. The molecule has 1 aromatic rings. The molecule has 1 fully saturated rings. The minimum Gasteiger partial charge on any atom is -0.329 e. The van der Waals surface area contributed by atoms with Crippen LogP contribution in [0.25, 0.3) is 0 Å². The molecular weight excluding hydrogens is 204 g/mol. The van der Waals surface area contributed by atoms with Crippen LogP contribution in [0.5, 0.6) is 0 Å². The molecule has 2 heterocycles. The van der Waals surface area contributed by atoms with Crippen LogP contribution in [0.2, 0.25) is 0 Å². The van der Waals surface area contributed by atoms with Crippen LogP contribution in [-0.2, 0) is 0 Å². The molecule has 3 heteroatoms. The van der Waals surface area contributed by atoms with Gasteiger partial charge in [0, 0.05) is 28.9 Å². The summed E-state index contributed by atoms with van der Waals surface area (Å²) >= 11 is 1.96. The van der Waals surface area contributed by atoms with Crippen molar-refractivity contribution < 1.29 is 0 Å². The first-order chi connectivity index (χ1) is 7.22. The summed E-state index contributed by atoms with van der Waals surface area (Å²) in [5.41, 5.74) is 7.08. The van der Waals surface area contributed by atoms with E-state index in [1.807, 2.05) is 11.3 Å². The van der Waals surface area contributed by atoms with Crippen molar-refractivity contribution in [3.63, 3.8) is 0 Å². The normalized spacial score (nSPS) is 22.5. The van der Waals surface area contributed by atoms with Crippen LogP contribution in [0.15, 0.2) is 6.07 Å². The molecule has 0 radical (unpaired) electrons. The summed E-state index contributed by atoms with van der Waals surface area (Å²) in [6.45, 7) is 7.46. The lowest BCUT2D eigenvalue weighted by Crippen LogP contribution is -2.28. The summed E-state index contributed by atoms with van der Waals surface area (Å²) in [4.78, 5) is 5.53. The van der Waals surface area contributed by atoms with E-state index >= 15 is 0 Å². The molecular formula is C12H20N2S. The van der Waals surface area contributed by atoms with Gasteiger partial charge in [-0.3, -0.25) is 4.90 Å². The lowest BCUT2D eigenvalue weighted by molar-refractivity contribution is 0.268. The zero-order valence-electron chi connectivity index (χ0n) is 9.62. The summed E-state index contributed by atoms with van der Waals surface area (Å²) in [6.07, 6.45) is 2.63. The Morgan fingerprint density at radius 1 is 1.53 bits per heavy atom. The van der Waals surface area contributed by atoms with Crippen molar-refractivity contribution >= 4 is 11.3 Å². The van der Waals surface area contributed by atoms with Gasteiger partial charge in [-0.1, -0.05) is 0 Å². The fraction of sp³-hybridized carbons (Fsp3) is 0.667. The second-order valence-electron chi connectivity index (χ2n) is 4.37. The topological polar surface area (TPSA) is 29.3 Å². The van der Waals surface area contributed by atoms with Gasteiger partial charge in [-0.15, -0.1) is 11.3 Å². The molecule has 1 atom stereocenters. The van der Waals surface area contributed by atoms with Gasteiger partial charge in [0.25, 0.3) is 0 Å². The van der Waals surface area contributed by atoms with Gasteiger partial charge in [0.1, 0.15) is 0 Å². The van der Waals surface area contributed by atoms with Gasteiger partial charge < -0.3 is 5.73 Å². The van der Waals surface area contributed by atoms with Gasteiger partial charge in [0.2, 0.25) is 0 Å². The van der Waals surface area contributed by atoms with Crippen LogP contribution < -0.4 is 5.73 Å². The molecule has 1 aromatic heterocycles. The van der Waals surface area contributed by atoms with Gasteiger partial charge in [0.15, 0.2) is 0 Å². The predicted octanol–water partition coefficient (Wildman–Crippen LogP) is 2.46. The number of rotatable bonds is 3. The molecule has 0 saturated carbocycles. The number of hydrogen-bond acceptors (Lipinski definition) is 3. The van der Waals surface area contributed by atoms with Gasteiger partial charge >= 0.3 is 0 Å². The Morgan fingerprint density at radius 2 is 2.33 bits per heavy atom. The van der Waals surface area contributed by atoms with Crippen molar-refractivity contribution in [2.75, 3.05) is 19.6 Å². The van der Waals surface area contributed by atoms with Gasteiger partial charge in [0.05, 0.1) is 0 Å². The zero-order chi connectivity index (χ0) is 10.8. The molecule has 15 heavy (non-hydrogen) atoms. The summed E-state index contributed by atoms with van der Waals surface area (Å²) in [5.74, 6) is 0. The minimum absolute atomic E-state index is 0.644. The molecule has 2 rings (SSSR count). The molecule has 0 aliphatic carbocycles. The first-order valence-corrected chi connectivity index (χ1v) is 6.55. The first kappa shape index (κ1) is 11.1. The Labute approximate surface area is 96.1 Å². The van der Waals surface area contributed by atoms with E-state index in [1.54, 1.807) is 0 Å². The highest BCUT2D eigenvalue weighted by molar-refractivity contribution is 7.12. The predicted molar refractivity (Wildman–Crippen MR) is 66.4 cm³/mol. The van der Waals surface area contributed by atoms with Crippen LogP contribution >= 0.6 is 11.3 Å². The molecule has 2 N–H and O–H groups in total. The molecule has 1 aliphatic rings. The van der Waals surface area contributed by atoms with Crippen molar-refractivity contribution in [1.29, 1.82) is 0 Å². The monoisotopic (exact) mass is 224 g/mol. The van der Waals surface area contributed by atoms with Gasteiger partial charge in [-0.05, 0) is 44.9 Å². The smallest absolute Gasteiger partial charge is 0.0442 e. The molecule has 0 aromatic carbocycles. The van der Waals surface area contributed by atoms with Crippen LogP contribution in [0.4, 0.5) is 0 Å². The third kappa shape index (κ3) is 2.25.